The number of aryl methyl sites for hydroxylation is 2. The van der Waals surface area contributed by atoms with E-state index in [1.165, 1.54) is 6.33 Å². The Morgan fingerprint density at radius 1 is 1.30 bits per heavy atom. The van der Waals surface area contributed by atoms with Crippen LogP contribution in [0.25, 0.3) is 11.4 Å². The van der Waals surface area contributed by atoms with Crippen LogP contribution in [-0.4, -0.2) is 48.3 Å². The summed E-state index contributed by atoms with van der Waals surface area (Å²) in [4.78, 5) is 30.3. The zero-order chi connectivity index (χ0) is 19.0. The van der Waals surface area contributed by atoms with Crippen molar-refractivity contribution in [2.75, 3.05) is 13.7 Å². The lowest BCUT2D eigenvalue weighted by Crippen LogP contribution is -2.35. The first kappa shape index (κ1) is 17.3. The first-order chi connectivity index (χ1) is 13.1. The molecule has 0 unspecified atom stereocenters. The molecule has 0 fully saturated rings. The summed E-state index contributed by atoms with van der Waals surface area (Å²) in [5, 5.41) is 4.43. The van der Waals surface area contributed by atoms with Gasteiger partial charge in [-0.25, -0.2) is 19.6 Å². The van der Waals surface area contributed by atoms with Gasteiger partial charge in [-0.15, -0.1) is 0 Å². The van der Waals surface area contributed by atoms with Gasteiger partial charge in [0.1, 0.15) is 12.2 Å². The summed E-state index contributed by atoms with van der Waals surface area (Å²) in [7, 11) is 3.51. The van der Waals surface area contributed by atoms with E-state index in [2.05, 4.69) is 29.9 Å². The Balaban J connectivity index is 1.60. The molecule has 0 aliphatic carbocycles. The molecular formula is C18H21N7O2. The monoisotopic (exact) mass is 367 g/mol. The second kappa shape index (κ2) is 6.92. The fraction of sp³-hybridized carbons (Fsp3) is 0.389. The van der Waals surface area contributed by atoms with E-state index in [-0.39, 0.29) is 5.56 Å². The highest BCUT2D eigenvalue weighted by molar-refractivity contribution is 5.52. The van der Waals surface area contributed by atoms with Crippen LogP contribution in [0.4, 0.5) is 0 Å². The lowest BCUT2D eigenvalue weighted by Gasteiger charge is -2.27. The average molecular weight is 367 g/mol. The van der Waals surface area contributed by atoms with Crippen molar-refractivity contribution in [3.63, 3.8) is 0 Å². The van der Waals surface area contributed by atoms with E-state index in [1.54, 1.807) is 24.2 Å². The van der Waals surface area contributed by atoms with Gasteiger partial charge in [0.2, 0.25) is 5.88 Å². The molecule has 1 aliphatic rings. The average Bonchev–Trinajstić information content (AvgIpc) is 2.95. The second-order valence-corrected chi connectivity index (χ2v) is 6.62. The summed E-state index contributed by atoms with van der Waals surface area (Å²) in [6.45, 7) is 4.00. The summed E-state index contributed by atoms with van der Waals surface area (Å²) in [6.07, 6.45) is 5.45. The summed E-state index contributed by atoms with van der Waals surface area (Å²) < 4.78 is 7.22. The van der Waals surface area contributed by atoms with Crippen molar-refractivity contribution in [3.05, 3.63) is 51.6 Å². The third kappa shape index (κ3) is 3.21. The number of nitrogens with one attached hydrogen (secondary N) is 1. The van der Waals surface area contributed by atoms with Gasteiger partial charge in [-0.05, 0) is 6.92 Å². The molecule has 0 amide bonds. The van der Waals surface area contributed by atoms with Crippen LogP contribution in [0.3, 0.4) is 0 Å². The second-order valence-electron chi connectivity index (χ2n) is 6.62. The zero-order valence-electron chi connectivity index (χ0n) is 15.6. The first-order valence-electron chi connectivity index (χ1n) is 8.73. The Morgan fingerprint density at radius 2 is 2.07 bits per heavy atom. The van der Waals surface area contributed by atoms with Gasteiger partial charge in [0, 0.05) is 45.5 Å². The molecule has 4 rings (SSSR count). The van der Waals surface area contributed by atoms with Gasteiger partial charge in [0.25, 0.3) is 5.56 Å². The van der Waals surface area contributed by atoms with Crippen molar-refractivity contribution in [2.45, 2.75) is 26.4 Å². The van der Waals surface area contributed by atoms with Gasteiger partial charge < -0.3 is 9.72 Å². The lowest BCUT2D eigenvalue weighted by atomic mass is 10.1. The van der Waals surface area contributed by atoms with Crippen molar-refractivity contribution in [1.82, 2.24) is 34.6 Å². The Morgan fingerprint density at radius 3 is 2.81 bits per heavy atom. The molecule has 0 aromatic carbocycles. The van der Waals surface area contributed by atoms with E-state index in [4.69, 9.17) is 4.74 Å². The molecule has 4 heterocycles. The number of hydrogen-bond donors (Lipinski definition) is 1. The number of ether oxygens (including phenoxy) is 1. The van der Waals surface area contributed by atoms with Crippen LogP contribution >= 0.6 is 0 Å². The highest BCUT2D eigenvalue weighted by Gasteiger charge is 2.24. The topological polar surface area (TPSA) is 102 Å². The third-order valence-corrected chi connectivity index (χ3v) is 4.85. The fourth-order valence-electron chi connectivity index (χ4n) is 3.52. The zero-order valence-corrected chi connectivity index (χ0v) is 15.6. The number of aromatic nitrogens is 6. The van der Waals surface area contributed by atoms with Gasteiger partial charge in [-0.2, -0.15) is 5.10 Å². The SMILES string of the molecule is COc1c(CN2CCc3nc(-c4cncnc4)[nH]c(=O)c3C2)c(C)nn1C. The van der Waals surface area contributed by atoms with Crippen molar-refractivity contribution >= 4 is 0 Å². The molecule has 27 heavy (non-hydrogen) atoms. The molecule has 0 radical (unpaired) electrons. The van der Waals surface area contributed by atoms with Crippen LogP contribution in [0.1, 0.15) is 22.5 Å². The van der Waals surface area contributed by atoms with Gasteiger partial charge in [-0.1, -0.05) is 0 Å². The lowest BCUT2D eigenvalue weighted by molar-refractivity contribution is 0.237. The number of nitrogens with zero attached hydrogens (tertiary/aromatic N) is 6. The Labute approximate surface area is 156 Å². The van der Waals surface area contributed by atoms with E-state index < -0.39 is 0 Å². The minimum Gasteiger partial charge on any atom is -0.481 e. The maximum Gasteiger partial charge on any atom is 0.255 e. The van der Waals surface area contributed by atoms with Crippen LogP contribution in [0, 0.1) is 6.92 Å². The number of rotatable bonds is 4. The molecule has 0 saturated carbocycles. The Bertz CT molecular complexity index is 1030. The van der Waals surface area contributed by atoms with Crippen LogP contribution in [-0.2, 0) is 26.6 Å². The minimum atomic E-state index is -0.113. The standard InChI is InChI=1S/C18H21N7O2/c1-11-13(18(27-3)24(2)23-11)8-25-5-4-15-14(9-25)17(26)22-16(21-15)12-6-19-10-20-7-12/h6-7,10H,4-5,8-9H2,1-3H3,(H,21,22,26). The molecule has 0 bridgehead atoms. The molecule has 3 aromatic rings. The Hall–Kier alpha value is -3.07. The largest absolute Gasteiger partial charge is 0.481 e. The molecule has 140 valence electrons. The Kier molecular flexibility index (Phi) is 4.44. The summed E-state index contributed by atoms with van der Waals surface area (Å²) in [5.41, 5.74) is 4.12. The van der Waals surface area contributed by atoms with Gasteiger partial charge in [0.05, 0.1) is 35.2 Å². The smallest absolute Gasteiger partial charge is 0.255 e. The summed E-state index contributed by atoms with van der Waals surface area (Å²) >= 11 is 0. The van der Waals surface area contributed by atoms with Crippen molar-refractivity contribution in [1.29, 1.82) is 0 Å². The number of fused-ring (bicyclic) bond motifs is 1. The van der Waals surface area contributed by atoms with E-state index in [0.29, 0.717) is 36.5 Å². The predicted octanol–water partition coefficient (Wildman–Crippen LogP) is 0.836. The maximum absolute atomic E-state index is 12.6. The third-order valence-electron chi connectivity index (χ3n) is 4.85. The minimum absolute atomic E-state index is 0.113. The molecule has 0 atom stereocenters. The van der Waals surface area contributed by atoms with Crippen LogP contribution in [0.15, 0.2) is 23.5 Å². The first-order valence-corrected chi connectivity index (χ1v) is 8.73. The van der Waals surface area contributed by atoms with E-state index >= 15 is 0 Å². The highest BCUT2D eigenvalue weighted by Crippen LogP contribution is 2.25. The molecule has 3 aromatic heterocycles. The maximum atomic E-state index is 12.6. The van der Waals surface area contributed by atoms with Crippen molar-refractivity contribution < 1.29 is 4.74 Å². The van der Waals surface area contributed by atoms with Crippen molar-refractivity contribution in [3.8, 4) is 17.3 Å². The number of methoxy groups -OCH3 is 1. The molecular weight excluding hydrogens is 346 g/mol. The molecule has 0 saturated heterocycles. The molecule has 1 aliphatic heterocycles. The molecule has 1 N–H and O–H groups in total. The van der Waals surface area contributed by atoms with Gasteiger partial charge >= 0.3 is 0 Å². The molecule has 9 nitrogen and oxygen atoms in total. The van der Waals surface area contributed by atoms with Gasteiger partial charge in [-0.3, -0.25) is 9.69 Å². The summed E-state index contributed by atoms with van der Waals surface area (Å²) in [5.74, 6) is 1.27. The normalized spacial score (nSPS) is 14.2. The number of hydrogen-bond acceptors (Lipinski definition) is 7. The van der Waals surface area contributed by atoms with E-state index in [9.17, 15) is 4.79 Å². The van der Waals surface area contributed by atoms with E-state index in [0.717, 1.165) is 29.4 Å². The van der Waals surface area contributed by atoms with Crippen LogP contribution < -0.4 is 10.3 Å². The summed E-state index contributed by atoms with van der Waals surface area (Å²) in [6, 6.07) is 0. The highest BCUT2D eigenvalue weighted by atomic mass is 16.5. The quantitative estimate of drug-likeness (QED) is 0.729. The van der Waals surface area contributed by atoms with Crippen LogP contribution in [0.2, 0.25) is 0 Å². The number of H-pyrrole nitrogens is 1. The van der Waals surface area contributed by atoms with Gasteiger partial charge in [0.15, 0.2) is 0 Å². The fourth-order valence-corrected chi connectivity index (χ4v) is 3.52. The van der Waals surface area contributed by atoms with E-state index in [1.807, 2.05) is 14.0 Å². The number of aromatic amines is 1. The molecule has 9 heteroatoms. The van der Waals surface area contributed by atoms with Crippen molar-refractivity contribution in [2.24, 2.45) is 7.05 Å². The predicted molar refractivity (Wildman–Crippen MR) is 98.2 cm³/mol. The van der Waals surface area contributed by atoms with Crippen LogP contribution in [0.5, 0.6) is 5.88 Å². The molecule has 0 spiro atoms.